The number of carboxylic acid groups (broad SMARTS) is 1. The van der Waals surface area contributed by atoms with Crippen LogP contribution in [0.25, 0.3) is 17.0 Å². The molecule has 0 amide bonds. The summed E-state index contributed by atoms with van der Waals surface area (Å²) in [7, 11) is 0. The molecule has 1 aromatic heterocycles. The Kier molecular flexibility index (Phi) is 5.00. The number of furan rings is 1. The largest absolute Gasteiger partial charge is 0.482 e. The molecule has 0 bridgehead atoms. The number of allylic oxidation sites excluding steroid dienone is 1. The van der Waals surface area contributed by atoms with Crippen LogP contribution in [0.5, 0.6) is 5.75 Å². The Labute approximate surface area is 151 Å². The van der Waals surface area contributed by atoms with Crippen LogP contribution in [0, 0.1) is 0 Å². The lowest BCUT2D eigenvalue weighted by atomic mass is 10.1. The van der Waals surface area contributed by atoms with Crippen molar-refractivity contribution in [2.75, 3.05) is 6.61 Å². The van der Waals surface area contributed by atoms with E-state index in [9.17, 15) is 9.59 Å². The average molecular weight is 401 g/mol. The lowest BCUT2D eigenvalue weighted by Gasteiger charge is -2.02. The Balaban J connectivity index is 1.69. The van der Waals surface area contributed by atoms with Gasteiger partial charge in [0, 0.05) is 9.86 Å². The molecular formula is C19H13BrO5. The number of halogens is 1. The highest BCUT2D eigenvalue weighted by molar-refractivity contribution is 9.10. The number of aliphatic carboxylic acids is 1. The summed E-state index contributed by atoms with van der Waals surface area (Å²) in [4.78, 5) is 22.7. The van der Waals surface area contributed by atoms with Crippen molar-refractivity contribution in [2.45, 2.75) is 0 Å². The van der Waals surface area contributed by atoms with Crippen molar-refractivity contribution in [2.24, 2.45) is 0 Å². The Hall–Kier alpha value is -2.86. The van der Waals surface area contributed by atoms with Gasteiger partial charge in [0.05, 0.1) is 0 Å². The number of ketones is 1. The predicted octanol–water partition coefficient (Wildman–Crippen LogP) is 4.55. The summed E-state index contributed by atoms with van der Waals surface area (Å²) < 4.78 is 11.5. The first-order valence-corrected chi connectivity index (χ1v) is 8.17. The van der Waals surface area contributed by atoms with Crippen molar-refractivity contribution in [3.63, 3.8) is 0 Å². The van der Waals surface area contributed by atoms with Crippen LogP contribution in [0.15, 0.2) is 63.5 Å². The molecule has 0 saturated carbocycles. The third-order valence-electron chi connectivity index (χ3n) is 3.39. The van der Waals surface area contributed by atoms with Crippen LogP contribution in [0.1, 0.15) is 16.1 Å². The molecule has 0 aliphatic carbocycles. The van der Waals surface area contributed by atoms with E-state index in [0.717, 1.165) is 15.4 Å². The van der Waals surface area contributed by atoms with Crippen molar-refractivity contribution in [1.82, 2.24) is 0 Å². The summed E-state index contributed by atoms with van der Waals surface area (Å²) >= 11 is 3.38. The summed E-state index contributed by atoms with van der Waals surface area (Å²) in [5.41, 5.74) is 1.44. The Bertz CT molecular complexity index is 954. The van der Waals surface area contributed by atoms with Gasteiger partial charge in [-0.1, -0.05) is 34.1 Å². The molecule has 1 heterocycles. The lowest BCUT2D eigenvalue weighted by molar-refractivity contribution is -0.139. The molecule has 0 aliphatic heterocycles. The summed E-state index contributed by atoms with van der Waals surface area (Å²) in [5, 5.41) is 9.42. The second-order valence-corrected chi connectivity index (χ2v) is 6.16. The maximum Gasteiger partial charge on any atom is 0.341 e. The molecule has 0 saturated heterocycles. The molecule has 6 heteroatoms. The van der Waals surface area contributed by atoms with Crippen LogP contribution in [-0.2, 0) is 4.79 Å². The fourth-order valence-corrected chi connectivity index (χ4v) is 2.59. The topological polar surface area (TPSA) is 76.7 Å². The molecule has 5 nitrogen and oxygen atoms in total. The van der Waals surface area contributed by atoms with Gasteiger partial charge in [0.1, 0.15) is 11.3 Å². The van der Waals surface area contributed by atoms with Crippen molar-refractivity contribution >= 4 is 44.7 Å². The number of rotatable bonds is 6. The van der Waals surface area contributed by atoms with Gasteiger partial charge in [-0.15, -0.1) is 0 Å². The maximum atomic E-state index is 12.2. The molecule has 0 fully saturated rings. The number of ether oxygens (including phenoxy) is 1. The highest BCUT2D eigenvalue weighted by atomic mass is 79.9. The van der Waals surface area contributed by atoms with E-state index in [2.05, 4.69) is 15.9 Å². The van der Waals surface area contributed by atoms with Crippen LogP contribution in [0.2, 0.25) is 0 Å². The monoisotopic (exact) mass is 400 g/mol. The predicted molar refractivity (Wildman–Crippen MR) is 96.9 cm³/mol. The van der Waals surface area contributed by atoms with Gasteiger partial charge in [-0.2, -0.15) is 0 Å². The van der Waals surface area contributed by atoms with Crippen molar-refractivity contribution < 1.29 is 23.8 Å². The van der Waals surface area contributed by atoms with E-state index in [1.165, 1.54) is 6.08 Å². The van der Waals surface area contributed by atoms with Crippen LogP contribution < -0.4 is 4.74 Å². The minimum atomic E-state index is -1.03. The first-order valence-electron chi connectivity index (χ1n) is 7.37. The second kappa shape index (κ2) is 7.36. The van der Waals surface area contributed by atoms with E-state index in [1.807, 2.05) is 12.1 Å². The summed E-state index contributed by atoms with van der Waals surface area (Å²) in [6.45, 7) is -0.393. The molecule has 0 spiro atoms. The van der Waals surface area contributed by atoms with Crippen LogP contribution in [-0.4, -0.2) is 23.5 Å². The first-order chi connectivity index (χ1) is 12.0. The van der Waals surface area contributed by atoms with E-state index in [4.69, 9.17) is 14.3 Å². The second-order valence-electron chi connectivity index (χ2n) is 5.24. The van der Waals surface area contributed by atoms with E-state index >= 15 is 0 Å². The van der Waals surface area contributed by atoms with Crippen molar-refractivity contribution in [3.05, 3.63) is 70.4 Å². The molecule has 0 aliphatic rings. The summed E-state index contributed by atoms with van der Waals surface area (Å²) in [6.07, 6.45) is 3.09. The van der Waals surface area contributed by atoms with Gasteiger partial charge in [0.25, 0.3) is 0 Å². The standard InChI is InChI=1S/C19H13BrO5/c20-14-4-8-17-13(9-14)10-18(25-17)16(21)7-3-12-1-5-15(6-2-12)24-11-19(22)23/h1-10H,11H2,(H,22,23)/b7-3+. The zero-order valence-electron chi connectivity index (χ0n) is 12.9. The Morgan fingerprint density at radius 2 is 1.88 bits per heavy atom. The highest BCUT2D eigenvalue weighted by Gasteiger charge is 2.09. The maximum absolute atomic E-state index is 12.2. The normalized spacial score (nSPS) is 11.1. The Morgan fingerprint density at radius 1 is 1.12 bits per heavy atom. The average Bonchev–Trinajstić information content (AvgIpc) is 3.02. The first kappa shape index (κ1) is 17.0. The van der Waals surface area contributed by atoms with Crippen molar-refractivity contribution in [1.29, 1.82) is 0 Å². The Morgan fingerprint density at radius 3 is 2.60 bits per heavy atom. The van der Waals surface area contributed by atoms with Gasteiger partial charge < -0.3 is 14.3 Å². The fourth-order valence-electron chi connectivity index (χ4n) is 2.21. The molecule has 126 valence electrons. The fraction of sp³-hybridized carbons (Fsp3) is 0.0526. The van der Waals surface area contributed by atoms with Crippen LogP contribution in [0.4, 0.5) is 0 Å². The van der Waals surface area contributed by atoms with Crippen molar-refractivity contribution in [3.8, 4) is 5.75 Å². The van der Waals surface area contributed by atoms with Gasteiger partial charge in [-0.3, -0.25) is 4.79 Å². The van der Waals surface area contributed by atoms with E-state index in [1.54, 1.807) is 42.5 Å². The summed E-state index contributed by atoms with van der Waals surface area (Å²) in [6, 6.07) is 14.0. The number of hydrogen-bond acceptors (Lipinski definition) is 4. The van der Waals surface area contributed by atoms with Gasteiger partial charge in [-0.25, -0.2) is 4.79 Å². The lowest BCUT2D eigenvalue weighted by Crippen LogP contribution is -2.09. The molecule has 0 unspecified atom stereocenters. The molecular weight excluding hydrogens is 388 g/mol. The number of fused-ring (bicyclic) bond motifs is 1. The third kappa shape index (κ3) is 4.36. The van der Waals surface area contributed by atoms with Gasteiger partial charge in [0.2, 0.25) is 5.78 Å². The SMILES string of the molecule is O=C(O)COc1ccc(/C=C/C(=O)c2cc3cc(Br)ccc3o2)cc1. The number of benzene rings is 2. The number of carbonyl (C=O) groups is 2. The molecule has 3 aromatic rings. The van der Waals surface area contributed by atoms with E-state index in [-0.39, 0.29) is 11.5 Å². The molecule has 2 aromatic carbocycles. The molecule has 25 heavy (non-hydrogen) atoms. The third-order valence-corrected chi connectivity index (χ3v) is 3.88. The minimum Gasteiger partial charge on any atom is -0.482 e. The number of hydrogen-bond donors (Lipinski definition) is 1. The van der Waals surface area contributed by atoms with E-state index < -0.39 is 12.6 Å². The molecule has 0 atom stereocenters. The van der Waals surface area contributed by atoms with Gasteiger partial charge in [-0.05, 0) is 48.0 Å². The highest BCUT2D eigenvalue weighted by Crippen LogP contribution is 2.24. The van der Waals surface area contributed by atoms with Crippen LogP contribution >= 0.6 is 15.9 Å². The number of carboxylic acids is 1. The molecule has 0 radical (unpaired) electrons. The summed E-state index contributed by atoms with van der Waals surface area (Å²) in [5.74, 6) is -0.551. The zero-order chi connectivity index (χ0) is 17.8. The zero-order valence-corrected chi connectivity index (χ0v) is 14.5. The molecule has 1 N–H and O–H groups in total. The smallest absolute Gasteiger partial charge is 0.341 e. The quantitative estimate of drug-likeness (QED) is 0.484. The molecule has 3 rings (SSSR count). The van der Waals surface area contributed by atoms with Crippen LogP contribution in [0.3, 0.4) is 0 Å². The van der Waals surface area contributed by atoms with E-state index in [0.29, 0.717) is 11.3 Å². The van der Waals surface area contributed by atoms with Gasteiger partial charge in [0.15, 0.2) is 12.4 Å². The van der Waals surface area contributed by atoms with Gasteiger partial charge >= 0.3 is 5.97 Å². The minimum absolute atomic E-state index is 0.237. The number of carbonyl (C=O) groups excluding carboxylic acids is 1.